The highest BCUT2D eigenvalue weighted by atomic mass is 32.2. The van der Waals surface area contributed by atoms with Crippen molar-refractivity contribution in [3.8, 4) is 0 Å². The molecule has 1 aliphatic rings. The first-order valence-electron chi connectivity index (χ1n) is 9.11. The molecule has 3 nitrogen and oxygen atoms in total. The molecule has 0 amide bonds. The number of hydrogen-bond donors (Lipinski definition) is 1. The lowest BCUT2D eigenvalue weighted by Gasteiger charge is -2.29. The minimum atomic E-state index is -3.60. The van der Waals surface area contributed by atoms with Crippen LogP contribution < -0.4 is 0 Å². The van der Waals surface area contributed by atoms with Gasteiger partial charge in [-0.15, -0.1) is 0 Å². The van der Waals surface area contributed by atoms with Crippen molar-refractivity contribution in [1.29, 1.82) is 0 Å². The van der Waals surface area contributed by atoms with Crippen LogP contribution in [0.2, 0.25) is 0 Å². The topological polar surface area (TPSA) is 54.4 Å². The predicted octanol–water partition coefficient (Wildman–Crippen LogP) is 4.53. The maximum atomic E-state index is 13.3. The third-order valence-electron chi connectivity index (χ3n) is 5.25. The van der Waals surface area contributed by atoms with Crippen molar-refractivity contribution in [2.45, 2.75) is 54.8 Å². The van der Waals surface area contributed by atoms with Gasteiger partial charge in [0, 0.05) is 0 Å². The minimum absolute atomic E-state index is 0.297. The van der Waals surface area contributed by atoms with Crippen LogP contribution in [0.5, 0.6) is 0 Å². The Hall–Kier alpha value is -1.65. The number of sulfone groups is 1. The zero-order valence-electron chi connectivity index (χ0n) is 14.4. The van der Waals surface area contributed by atoms with Crippen LogP contribution in [0.3, 0.4) is 0 Å². The van der Waals surface area contributed by atoms with Crippen molar-refractivity contribution >= 4 is 9.84 Å². The Kier molecular flexibility index (Phi) is 5.92. The smallest absolute Gasteiger partial charge is 0.184 e. The summed E-state index contributed by atoms with van der Waals surface area (Å²) in [6.07, 6.45) is 5.17. The predicted molar refractivity (Wildman–Crippen MR) is 100 cm³/mol. The first-order valence-corrected chi connectivity index (χ1v) is 10.7. The van der Waals surface area contributed by atoms with E-state index in [9.17, 15) is 13.5 Å². The van der Waals surface area contributed by atoms with E-state index in [1.54, 1.807) is 36.4 Å². The normalized spacial score (nSPS) is 18.6. The van der Waals surface area contributed by atoms with Gasteiger partial charge in [0.2, 0.25) is 0 Å². The molecule has 1 aliphatic carbocycles. The zero-order valence-corrected chi connectivity index (χ0v) is 15.2. The van der Waals surface area contributed by atoms with Gasteiger partial charge < -0.3 is 5.11 Å². The quantitative estimate of drug-likeness (QED) is 0.825. The molecule has 0 radical (unpaired) electrons. The maximum Gasteiger partial charge on any atom is 0.184 e. The summed E-state index contributed by atoms with van der Waals surface area (Å²) >= 11 is 0. The fourth-order valence-electron chi connectivity index (χ4n) is 3.83. The van der Waals surface area contributed by atoms with Crippen LogP contribution in [0.15, 0.2) is 65.6 Å². The highest BCUT2D eigenvalue weighted by Crippen LogP contribution is 2.36. The molecular formula is C21H26O3S. The second-order valence-corrected chi connectivity index (χ2v) is 9.16. The molecule has 1 fully saturated rings. The Bertz CT molecular complexity index is 750. The molecule has 3 rings (SSSR count). The zero-order chi connectivity index (χ0) is 17.7. The first-order chi connectivity index (χ1) is 12.1. The van der Waals surface area contributed by atoms with Gasteiger partial charge in [-0.3, -0.25) is 0 Å². The van der Waals surface area contributed by atoms with Gasteiger partial charge in [0.15, 0.2) is 9.84 Å². The summed E-state index contributed by atoms with van der Waals surface area (Å²) in [4.78, 5) is 0.297. The van der Waals surface area contributed by atoms with E-state index in [1.807, 2.05) is 24.3 Å². The average Bonchev–Trinajstić information content (AvgIpc) is 2.67. The van der Waals surface area contributed by atoms with E-state index in [-0.39, 0.29) is 0 Å². The van der Waals surface area contributed by atoms with Crippen LogP contribution in [0, 0.1) is 5.92 Å². The second kappa shape index (κ2) is 8.15. The molecular weight excluding hydrogens is 332 g/mol. The average molecular weight is 359 g/mol. The van der Waals surface area contributed by atoms with Gasteiger partial charge in [-0.05, 0) is 30.0 Å². The van der Waals surface area contributed by atoms with E-state index in [0.29, 0.717) is 22.8 Å². The van der Waals surface area contributed by atoms with Gasteiger partial charge in [-0.2, -0.15) is 0 Å². The number of aliphatic hydroxyl groups excluding tert-OH is 1. The van der Waals surface area contributed by atoms with Gasteiger partial charge in [0.25, 0.3) is 0 Å². The third-order valence-corrected chi connectivity index (χ3v) is 7.43. The molecule has 25 heavy (non-hydrogen) atoms. The minimum Gasteiger partial charge on any atom is -0.387 e. The van der Waals surface area contributed by atoms with Crippen molar-refractivity contribution in [1.82, 2.24) is 0 Å². The van der Waals surface area contributed by atoms with Gasteiger partial charge >= 0.3 is 0 Å². The Balaban J connectivity index is 1.93. The van der Waals surface area contributed by atoms with Crippen LogP contribution in [-0.4, -0.2) is 18.8 Å². The molecule has 134 valence electrons. The van der Waals surface area contributed by atoms with Crippen molar-refractivity contribution < 1.29 is 13.5 Å². The molecule has 0 aromatic heterocycles. The molecule has 0 heterocycles. The Labute approximate surface area is 150 Å². The highest BCUT2D eigenvalue weighted by molar-refractivity contribution is 7.92. The number of aliphatic hydroxyl groups is 1. The van der Waals surface area contributed by atoms with Crippen LogP contribution in [0.1, 0.15) is 50.2 Å². The first kappa shape index (κ1) is 18.2. The summed E-state index contributed by atoms with van der Waals surface area (Å²) in [6.45, 7) is 0. The van der Waals surface area contributed by atoms with Crippen LogP contribution in [0.25, 0.3) is 0 Å². The Morgan fingerprint density at radius 2 is 1.44 bits per heavy atom. The van der Waals surface area contributed by atoms with E-state index < -0.39 is 21.2 Å². The summed E-state index contributed by atoms with van der Waals surface area (Å²) < 4.78 is 26.5. The molecule has 2 atom stereocenters. The molecule has 0 saturated heterocycles. The van der Waals surface area contributed by atoms with Gasteiger partial charge in [0.1, 0.15) is 0 Å². The largest absolute Gasteiger partial charge is 0.387 e. The van der Waals surface area contributed by atoms with E-state index in [0.717, 1.165) is 25.7 Å². The standard InChI is InChI=1S/C21H26O3S/c22-21(18-12-6-2-7-13-18)20(16-17-10-4-1-5-11-17)25(23,24)19-14-8-3-9-15-19/h2-3,6-9,12-15,17,20-22H,1,4-5,10-11,16H2/t20-,21+/m1/s1. The lowest BCUT2D eigenvalue weighted by Crippen LogP contribution is -2.31. The summed E-state index contributed by atoms with van der Waals surface area (Å²) in [6, 6.07) is 17.7. The molecule has 4 heteroatoms. The fraction of sp³-hybridized carbons (Fsp3) is 0.429. The summed E-state index contributed by atoms with van der Waals surface area (Å²) in [5.41, 5.74) is 0.669. The van der Waals surface area contributed by atoms with Crippen molar-refractivity contribution in [3.63, 3.8) is 0 Å². The fourth-order valence-corrected chi connectivity index (χ4v) is 5.73. The molecule has 0 spiro atoms. The van der Waals surface area contributed by atoms with Gasteiger partial charge in [-0.25, -0.2) is 8.42 Å². The molecule has 0 bridgehead atoms. The lowest BCUT2D eigenvalue weighted by molar-refractivity contribution is 0.154. The number of rotatable bonds is 6. The monoisotopic (exact) mass is 358 g/mol. The van der Waals surface area contributed by atoms with E-state index in [2.05, 4.69) is 0 Å². The highest BCUT2D eigenvalue weighted by Gasteiger charge is 2.36. The summed E-state index contributed by atoms with van der Waals surface area (Å²) in [7, 11) is -3.60. The Morgan fingerprint density at radius 3 is 2.04 bits per heavy atom. The lowest BCUT2D eigenvalue weighted by atomic mass is 9.84. The molecule has 2 aromatic rings. The molecule has 0 unspecified atom stereocenters. The summed E-state index contributed by atoms with van der Waals surface area (Å²) in [5.74, 6) is 0.371. The Morgan fingerprint density at radius 1 is 0.880 bits per heavy atom. The molecule has 2 aromatic carbocycles. The van der Waals surface area contributed by atoms with Gasteiger partial charge in [-0.1, -0.05) is 80.6 Å². The van der Waals surface area contributed by atoms with E-state index in [1.165, 1.54) is 6.42 Å². The van der Waals surface area contributed by atoms with Crippen molar-refractivity contribution in [2.24, 2.45) is 5.92 Å². The maximum absolute atomic E-state index is 13.3. The van der Waals surface area contributed by atoms with E-state index in [4.69, 9.17) is 0 Å². The SMILES string of the molecule is O=S(=O)(c1ccccc1)[C@H](CC1CCCCC1)[C@@H](O)c1ccccc1. The van der Waals surface area contributed by atoms with E-state index >= 15 is 0 Å². The van der Waals surface area contributed by atoms with Crippen LogP contribution in [0.4, 0.5) is 0 Å². The van der Waals surface area contributed by atoms with Gasteiger partial charge in [0.05, 0.1) is 16.2 Å². The van der Waals surface area contributed by atoms with Crippen LogP contribution >= 0.6 is 0 Å². The molecule has 0 aliphatic heterocycles. The molecule has 1 saturated carbocycles. The van der Waals surface area contributed by atoms with Crippen molar-refractivity contribution in [2.75, 3.05) is 0 Å². The van der Waals surface area contributed by atoms with Crippen LogP contribution in [-0.2, 0) is 9.84 Å². The number of hydrogen-bond acceptors (Lipinski definition) is 3. The summed E-state index contributed by atoms with van der Waals surface area (Å²) in [5, 5.41) is 10.1. The van der Waals surface area contributed by atoms with Crippen molar-refractivity contribution in [3.05, 3.63) is 66.2 Å². The second-order valence-electron chi connectivity index (χ2n) is 6.99. The molecule has 1 N–H and O–H groups in total. The third kappa shape index (κ3) is 4.31. The number of benzene rings is 2.